The van der Waals surface area contributed by atoms with E-state index in [0.717, 1.165) is 18.4 Å². The molecule has 0 aliphatic heterocycles. The molecule has 21 heavy (non-hydrogen) atoms. The summed E-state index contributed by atoms with van der Waals surface area (Å²) in [5.74, 6) is -0.684. The van der Waals surface area contributed by atoms with E-state index in [1.165, 1.54) is 10.9 Å². The van der Waals surface area contributed by atoms with Crippen molar-refractivity contribution in [3.05, 3.63) is 48.2 Å². The third-order valence-electron chi connectivity index (χ3n) is 3.69. The lowest BCUT2D eigenvalue weighted by Crippen LogP contribution is -2.28. The highest BCUT2D eigenvalue weighted by molar-refractivity contribution is 6.00. The lowest BCUT2D eigenvalue weighted by atomic mass is 9.95. The Morgan fingerprint density at radius 3 is 2.57 bits per heavy atom. The fourth-order valence-corrected chi connectivity index (χ4v) is 2.42. The second kappa shape index (κ2) is 5.05. The van der Waals surface area contributed by atoms with Gasteiger partial charge >= 0.3 is 5.97 Å². The summed E-state index contributed by atoms with van der Waals surface area (Å²) in [5.41, 5.74) is 0.546. The van der Waals surface area contributed by atoms with Gasteiger partial charge in [0, 0.05) is 12.3 Å². The molecule has 0 bridgehead atoms. The van der Waals surface area contributed by atoms with Crippen LogP contribution in [-0.4, -0.2) is 26.8 Å². The molecule has 1 fully saturated rings. The van der Waals surface area contributed by atoms with Crippen molar-refractivity contribution >= 4 is 17.7 Å². The molecule has 1 aromatic carbocycles. The zero-order valence-corrected chi connectivity index (χ0v) is 11.3. The van der Waals surface area contributed by atoms with Gasteiger partial charge in [-0.15, -0.1) is 0 Å². The van der Waals surface area contributed by atoms with E-state index in [9.17, 15) is 9.59 Å². The molecule has 0 spiro atoms. The molecule has 6 heteroatoms. The van der Waals surface area contributed by atoms with E-state index in [-0.39, 0.29) is 12.5 Å². The number of nitrogens with one attached hydrogen (secondary N) is 1. The smallest absolute Gasteiger partial charge is 0.325 e. The molecule has 0 radical (unpaired) electrons. The summed E-state index contributed by atoms with van der Waals surface area (Å²) in [7, 11) is 0. The van der Waals surface area contributed by atoms with E-state index in [0.29, 0.717) is 5.82 Å². The summed E-state index contributed by atoms with van der Waals surface area (Å²) in [6.45, 7) is -0.223. The average molecular weight is 285 g/mol. The molecule has 0 atom stereocenters. The van der Waals surface area contributed by atoms with Gasteiger partial charge in [0.05, 0.1) is 5.41 Å². The maximum absolute atomic E-state index is 12.5. The van der Waals surface area contributed by atoms with Gasteiger partial charge in [-0.05, 0) is 18.4 Å². The lowest BCUT2D eigenvalue weighted by Gasteiger charge is -2.14. The van der Waals surface area contributed by atoms with Crippen LogP contribution in [0.3, 0.4) is 0 Å². The number of hydrogen-bond donors (Lipinski definition) is 2. The maximum Gasteiger partial charge on any atom is 0.325 e. The zero-order chi connectivity index (χ0) is 14.9. The first-order valence-electron chi connectivity index (χ1n) is 6.72. The first kappa shape index (κ1) is 13.4. The van der Waals surface area contributed by atoms with Gasteiger partial charge in [-0.25, -0.2) is 0 Å². The van der Waals surface area contributed by atoms with Gasteiger partial charge in [-0.3, -0.25) is 14.3 Å². The Labute approximate surface area is 121 Å². The normalized spacial score (nSPS) is 15.4. The molecule has 2 aromatic rings. The summed E-state index contributed by atoms with van der Waals surface area (Å²) >= 11 is 0. The molecule has 1 heterocycles. The monoisotopic (exact) mass is 285 g/mol. The molecule has 0 unspecified atom stereocenters. The predicted octanol–water partition coefficient (Wildman–Crippen LogP) is 1.64. The summed E-state index contributed by atoms with van der Waals surface area (Å²) in [5, 5.41) is 15.5. The van der Waals surface area contributed by atoms with Crippen molar-refractivity contribution in [3.8, 4) is 0 Å². The number of carbonyl (C=O) groups excluding carboxylic acids is 1. The van der Waals surface area contributed by atoms with Crippen LogP contribution in [0.15, 0.2) is 42.6 Å². The quantitative estimate of drug-likeness (QED) is 0.874. The average Bonchev–Trinajstić information content (AvgIpc) is 3.17. The number of nitrogens with zero attached hydrogens (tertiary/aromatic N) is 2. The Bertz CT molecular complexity index is 674. The van der Waals surface area contributed by atoms with Crippen LogP contribution in [0.4, 0.5) is 5.82 Å². The second-order valence-corrected chi connectivity index (χ2v) is 5.19. The summed E-state index contributed by atoms with van der Waals surface area (Å²) in [6, 6.07) is 11.3. The summed E-state index contributed by atoms with van der Waals surface area (Å²) in [4.78, 5) is 23.1. The van der Waals surface area contributed by atoms with Crippen LogP contribution >= 0.6 is 0 Å². The van der Waals surface area contributed by atoms with Crippen LogP contribution < -0.4 is 5.32 Å². The van der Waals surface area contributed by atoms with Crippen LogP contribution in [0, 0.1) is 0 Å². The van der Waals surface area contributed by atoms with Gasteiger partial charge in [-0.2, -0.15) is 5.10 Å². The summed E-state index contributed by atoms with van der Waals surface area (Å²) in [6.07, 6.45) is 3.17. The van der Waals surface area contributed by atoms with Crippen molar-refractivity contribution in [1.29, 1.82) is 0 Å². The number of aliphatic carboxylic acids is 1. The number of amides is 1. The molecule has 3 rings (SSSR count). The SMILES string of the molecule is O=C(O)Cn1ccc(NC(=O)C2(c3ccccc3)CC2)n1. The van der Waals surface area contributed by atoms with E-state index < -0.39 is 11.4 Å². The molecule has 1 saturated carbocycles. The first-order valence-corrected chi connectivity index (χ1v) is 6.72. The minimum absolute atomic E-state index is 0.0886. The number of carboxylic acid groups (broad SMARTS) is 1. The molecule has 1 aromatic heterocycles. The second-order valence-electron chi connectivity index (χ2n) is 5.19. The van der Waals surface area contributed by atoms with Gasteiger partial charge < -0.3 is 10.4 Å². The van der Waals surface area contributed by atoms with Gasteiger partial charge in [0.2, 0.25) is 5.91 Å². The van der Waals surface area contributed by atoms with Crippen LogP contribution in [-0.2, 0) is 21.5 Å². The largest absolute Gasteiger partial charge is 0.480 e. The number of benzene rings is 1. The van der Waals surface area contributed by atoms with E-state index in [2.05, 4.69) is 10.4 Å². The topological polar surface area (TPSA) is 84.2 Å². The number of carboxylic acids is 1. The Hall–Kier alpha value is -2.63. The third kappa shape index (κ3) is 2.65. The van der Waals surface area contributed by atoms with Gasteiger partial charge in [0.1, 0.15) is 6.54 Å². The molecular weight excluding hydrogens is 270 g/mol. The van der Waals surface area contributed by atoms with E-state index in [4.69, 9.17) is 5.11 Å². The Morgan fingerprint density at radius 2 is 1.95 bits per heavy atom. The van der Waals surface area contributed by atoms with Crippen molar-refractivity contribution in [3.63, 3.8) is 0 Å². The van der Waals surface area contributed by atoms with Crippen molar-refractivity contribution in [2.45, 2.75) is 24.8 Å². The van der Waals surface area contributed by atoms with Gasteiger partial charge in [-0.1, -0.05) is 30.3 Å². The predicted molar refractivity (Wildman–Crippen MR) is 75.8 cm³/mol. The number of carbonyl (C=O) groups is 2. The minimum Gasteiger partial charge on any atom is -0.480 e. The molecule has 0 saturated heterocycles. The molecule has 108 valence electrons. The fraction of sp³-hybridized carbons (Fsp3) is 0.267. The molecule has 1 aliphatic rings. The van der Waals surface area contributed by atoms with Crippen LogP contribution in [0.25, 0.3) is 0 Å². The Morgan fingerprint density at radius 1 is 1.24 bits per heavy atom. The molecule has 1 amide bonds. The van der Waals surface area contributed by atoms with E-state index in [1.54, 1.807) is 6.07 Å². The number of hydrogen-bond acceptors (Lipinski definition) is 3. The van der Waals surface area contributed by atoms with Gasteiger partial charge in [0.25, 0.3) is 0 Å². The number of rotatable bonds is 5. The van der Waals surface area contributed by atoms with Gasteiger partial charge in [0.15, 0.2) is 5.82 Å². The highest BCUT2D eigenvalue weighted by Gasteiger charge is 2.51. The van der Waals surface area contributed by atoms with Crippen molar-refractivity contribution in [2.75, 3.05) is 5.32 Å². The van der Waals surface area contributed by atoms with E-state index in [1.807, 2.05) is 30.3 Å². The van der Waals surface area contributed by atoms with Crippen molar-refractivity contribution in [1.82, 2.24) is 9.78 Å². The van der Waals surface area contributed by atoms with Crippen LogP contribution in [0.1, 0.15) is 18.4 Å². The highest BCUT2D eigenvalue weighted by atomic mass is 16.4. The maximum atomic E-state index is 12.5. The van der Waals surface area contributed by atoms with Crippen molar-refractivity contribution < 1.29 is 14.7 Å². The zero-order valence-electron chi connectivity index (χ0n) is 11.3. The van der Waals surface area contributed by atoms with E-state index >= 15 is 0 Å². The minimum atomic E-state index is -0.973. The summed E-state index contributed by atoms with van der Waals surface area (Å²) < 4.78 is 1.28. The van der Waals surface area contributed by atoms with Crippen LogP contribution in [0.2, 0.25) is 0 Å². The molecule has 6 nitrogen and oxygen atoms in total. The standard InChI is InChI=1S/C15H15N3O3/c19-13(20)10-18-9-6-12(17-18)16-14(21)15(7-8-15)11-4-2-1-3-5-11/h1-6,9H,7-8,10H2,(H,19,20)(H,16,17,21). The van der Waals surface area contributed by atoms with Crippen LogP contribution in [0.5, 0.6) is 0 Å². The Kier molecular flexibility index (Phi) is 3.21. The molecule has 2 N–H and O–H groups in total. The molecule has 1 aliphatic carbocycles. The first-order chi connectivity index (χ1) is 10.1. The lowest BCUT2D eigenvalue weighted by molar-refractivity contribution is -0.137. The number of anilines is 1. The third-order valence-corrected chi connectivity index (χ3v) is 3.69. The fourth-order valence-electron chi connectivity index (χ4n) is 2.42. The highest BCUT2D eigenvalue weighted by Crippen LogP contribution is 2.48. The van der Waals surface area contributed by atoms with Crippen molar-refractivity contribution in [2.24, 2.45) is 0 Å². The molecular formula is C15H15N3O3. The Balaban J connectivity index is 1.72. The number of aromatic nitrogens is 2.